The molecule has 2 aliphatic carbocycles. The summed E-state index contributed by atoms with van der Waals surface area (Å²) in [5.41, 5.74) is 2.23. The number of aliphatic hydroxyl groups is 1. The molecule has 0 radical (unpaired) electrons. The zero-order valence-corrected chi connectivity index (χ0v) is 17.8. The van der Waals surface area contributed by atoms with E-state index in [4.69, 9.17) is 9.47 Å². The summed E-state index contributed by atoms with van der Waals surface area (Å²) in [5.74, 6) is 0.850. The fourth-order valence-corrected chi connectivity index (χ4v) is 5.80. The van der Waals surface area contributed by atoms with Crippen molar-refractivity contribution in [2.75, 3.05) is 20.2 Å². The van der Waals surface area contributed by atoms with E-state index >= 15 is 0 Å². The minimum atomic E-state index is -0.526. The maximum absolute atomic E-state index is 12.6. The van der Waals surface area contributed by atoms with Crippen molar-refractivity contribution in [3.05, 3.63) is 41.5 Å². The summed E-state index contributed by atoms with van der Waals surface area (Å²) in [5, 5.41) is 13.6. The number of benzene rings is 1. The number of esters is 1. The van der Waals surface area contributed by atoms with Gasteiger partial charge in [-0.05, 0) is 30.4 Å². The summed E-state index contributed by atoms with van der Waals surface area (Å²) < 4.78 is 11.2. The minimum absolute atomic E-state index is 0.104. The largest absolute Gasteiger partial charge is 0.496 e. The zero-order valence-electron chi connectivity index (χ0n) is 17.8. The Bertz CT molecular complexity index is 791. The van der Waals surface area contributed by atoms with Crippen LogP contribution in [0.2, 0.25) is 0 Å². The molecule has 0 spiro atoms. The second-order valence-electron chi connectivity index (χ2n) is 9.17. The Hall–Kier alpha value is -1.85. The number of quaternary nitrogens is 1. The van der Waals surface area contributed by atoms with Crippen LogP contribution in [0.15, 0.2) is 35.9 Å². The smallest absolute Gasteiger partial charge is 0.315 e. The fourth-order valence-electron chi connectivity index (χ4n) is 5.80. The molecule has 0 bridgehead atoms. The van der Waals surface area contributed by atoms with Gasteiger partial charge in [-0.25, -0.2) is 0 Å². The molecule has 5 nitrogen and oxygen atoms in total. The molecule has 6 atom stereocenters. The van der Waals surface area contributed by atoms with Gasteiger partial charge in [-0.1, -0.05) is 43.7 Å². The quantitative estimate of drug-likeness (QED) is 0.436. The average molecular weight is 401 g/mol. The second kappa shape index (κ2) is 8.11. The van der Waals surface area contributed by atoms with Gasteiger partial charge in [0.15, 0.2) is 0 Å². The molecule has 1 aromatic carbocycles. The average Bonchev–Trinajstić information content (AvgIpc) is 3.03. The molecule has 1 saturated heterocycles. The molecule has 2 fully saturated rings. The lowest BCUT2D eigenvalue weighted by molar-refractivity contribution is -0.659. The summed E-state index contributed by atoms with van der Waals surface area (Å²) in [4.78, 5) is 12.6. The van der Waals surface area contributed by atoms with E-state index in [9.17, 15) is 9.90 Å². The topological polar surface area (TPSA) is 72.4 Å². The molecule has 1 aliphatic heterocycles. The Morgan fingerprint density at radius 3 is 2.93 bits per heavy atom. The number of carbonyl (C=O) groups excluding carboxylic acids is 1. The third-order valence-corrected chi connectivity index (χ3v) is 7.80. The van der Waals surface area contributed by atoms with Crippen LogP contribution in [0, 0.1) is 23.2 Å². The predicted molar refractivity (Wildman–Crippen MR) is 110 cm³/mol. The molecular weight excluding hydrogens is 366 g/mol. The molecule has 4 rings (SSSR count). The molecule has 0 unspecified atom stereocenters. The first kappa shape index (κ1) is 20.4. The van der Waals surface area contributed by atoms with Gasteiger partial charge in [-0.2, -0.15) is 0 Å². The molecule has 3 N–H and O–H groups in total. The Kier molecular flexibility index (Phi) is 5.71. The van der Waals surface area contributed by atoms with Crippen molar-refractivity contribution in [1.82, 2.24) is 0 Å². The van der Waals surface area contributed by atoms with Crippen LogP contribution in [-0.4, -0.2) is 43.5 Å². The number of para-hydroxylation sites is 1. The summed E-state index contributed by atoms with van der Waals surface area (Å²) in [6, 6.07) is 8.05. The van der Waals surface area contributed by atoms with Crippen LogP contribution in [0.4, 0.5) is 0 Å². The second-order valence-corrected chi connectivity index (χ2v) is 9.17. The van der Waals surface area contributed by atoms with Crippen molar-refractivity contribution in [2.45, 2.75) is 51.7 Å². The number of nitrogens with two attached hydrogens (primary N) is 1. The van der Waals surface area contributed by atoms with Crippen LogP contribution in [0.3, 0.4) is 0 Å². The number of fused-ring (bicyclic) bond motifs is 2. The summed E-state index contributed by atoms with van der Waals surface area (Å²) >= 11 is 0. The lowest BCUT2D eigenvalue weighted by Crippen LogP contribution is -2.86. The van der Waals surface area contributed by atoms with Gasteiger partial charge in [0.05, 0.1) is 26.3 Å². The SMILES string of the molecule is COc1ccccc1CC[NH2+]C[C@H]1C(=O)O[C@@H]2CC3=CCC[C@H](C)[C@@]3(C)[C@@H](O)[C@@H]21. The molecule has 1 saturated carbocycles. The van der Waals surface area contributed by atoms with Crippen LogP contribution in [0.5, 0.6) is 5.75 Å². The molecule has 5 heteroatoms. The van der Waals surface area contributed by atoms with Crippen molar-refractivity contribution < 1.29 is 24.7 Å². The molecule has 0 aromatic heterocycles. The maximum atomic E-state index is 12.6. The number of hydrogen-bond acceptors (Lipinski definition) is 4. The Morgan fingerprint density at radius 1 is 1.34 bits per heavy atom. The molecule has 1 aromatic rings. The van der Waals surface area contributed by atoms with Gasteiger partial charge >= 0.3 is 5.97 Å². The summed E-state index contributed by atoms with van der Waals surface area (Å²) in [6.07, 6.45) is 5.40. The lowest BCUT2D eigenvalue weighted by Gasteiger charge is -2.51. The molecule has 158 valence electrons. The van der Waals surface area contributed by atoms with Crippen molar-refractivity contribution in [2.24, 2.45) is 23.2 Å². The highest BCUT2D eigenvalue weighted by Gasteiger charge is 2.60. The van der Waals surface area contributed by atoms with Crippen molar-refractivity contribution >= 4 is 5.97 Å². The van der Waals surface area contributed by atoms with Crippen LogP contribution >= 0.6 is 0 Å². The van der Waals surface area contributed by atoms with Crippen LogP contribution in [-0.2, 0) is 16.0 Å². The monoisotopic (exact) mass is 400 g/mol. The predicted octanol–water partition coefficient (Wildman–Crippen LogP) is 2.09. The summed E-state index contributed by atoms with van der Waals surface area (Å²) in [6.45, 7) is 5.96. The van der Waals surface area contributed by atoms with E-state index in [1.165, 1.54) is 11.1 Å². The number of allylic oxidation sites excluding steroid dienone is 1. The van der Waals surface area contributed by atoms with E-state index in [0.717, 1.165) is 38.0 Å². The van der Waals surface area contributed by atoms with E-state index in [2.05, 4.69) is 31.3 Å². The van der Waals surface area contributed by atoms with Gasteiger partial charge in [0.1, 0.15) is 17.8 Å². The first-order valence-corrected chi connectivity index (χ1v) is 11.0. The molecule has 29 heavy (non-hydrogen) atoms. The first-order valence-electron chi connectivity index (χ1n) is 11.0. The number of methoxy groups -OCH3 is 1. The third kappa shape index (κ3) is 3.49. The van der Waals surface area contributed by atoms with Gasteiger partial charge in [0.2, 0.25) is 0 Å². The highest BCUT2D eigenvalue weighted by molar-refractivity contribution is 5.76. The number of aliphatic hydroxyl groups excluding tert-OH is 1. The first-order chi connectivity index (χ1) is 14.0. The normalized spacial score (nSPS) is 36.1. The molecule has 1 heterocycles. The third-order valence-electron chi connectivity index (χ3n) is 7.80. The van der Waals surface area contributed by atoms with Crippen LogP contribution < -0.4 is 10.1 Å². The lowest BCUT2D eigenvalue weighted by atomic mass is 9.55. The Balaban J connectivity index is 1.41. The van der Waals surface area contributed by atoms with E-state index in [1.807, 2.05) is 18.2 Å². The molecule has 0 amide bonds. The number of ether oxygens (including phenoxy) is 2. The van der Waals surface area contributed by atoms with E-state index in [0.29, 0.717) is 12.5 Å². The zero-order chi connectivity index (χ0) is 20.6. The van der Waals surface area contributed by atoms with Gasteiger partial charge < -0.3 is 19.9 Å². The van der Waals surface area contributed by atoms with E-state index < -0.39 is 6.10 Å². The molecule has 3 aliphatic rings. The Morgan fingerprint density at radius 2 is 2.14 bits per heavy atom. The Labute approximate surface area is 173 Å². The summed E-state index contributed by atoms with van der Waals surface area (Å²) in [7, 11) is 1.69. The number of carbonyl (C=O) groups is 1. The highest BCUT2D eigenvalue weighted by atomic mass is 16.6. The standard InChI is InChI=1S/C24H33NO4/c1-15-7-6-9-17-13-20-21(22(26)24(15,17)2)18(23(27)29-20)14-25-12-11-16-8-4-5-10-19(16)28-3/h4-5,8-10,15,18,20-22,25-26H,6-7,11-14H2,1-3H3/p+1/t15-,18+,20+,21+,22-,24+/m0/s1. The van der Waals surface area contributed by atoms with Crippen molar-refractivity contribution in [3.63, 3.8) is 0 Å². The van der Waals surface area contributed by atoms with Gasteiger partial charge in [-0.3, -0.25) is 4.79 Å². The number of hydrogen-bond donors (Lipinski definition) is 2. The van der Waals surface area contributed by atoms with E-state index in [1.54, 1.807) is 7.11 Å². The maximum Gasteiger partial charge on any atom is 0.315 e. The molecular formula is C24H34NO4+. The van der Waals surface area contributed by atoms with Crippen LogP contribution in [0.25, 0.3) is 0 Å². The van der Waals surface area contributed by atoms with Crippen molar-refractivity contribution in [1.29, 1.82) is 0 Å². The van der Waals surface area contributed by atoms with Crippen LogP contribution in [0.1, 0.15) is 38.7 Å². The van der Waals surface area contributed by atoms with E-state index in [-0.39, 0.29) is 29.3 Å². The van der Waals surface area contributed by atoms with Gasteiger partial charge in [0, 0.05) is 24.2 Å². The van der Waals surface area contributed by atoms with Gasteiger partial charge in [-0.15, -0.1) is 0 Å². The van der Waals surface area contributed by atoms with Gasteiger partial charge in [0.25, 0.3) is 0 Å². The fraction of sp³-hybridized carbons (Fsp3) is 0.625. The minimum Gasteiger partial charge on any atom is -0.496 e. The highest BCUT2D eigenvalue weighted by Crippen LogP contribution is 2.55. The van der Waals surface area contributed by atoms with Crippen molar-refractivity contribution in [3.8, 4) is 5.75 Å². The number of rotatable bonds is 6.